The second-order valence-electron chi connectivity index (χ2n) is 4.59. The quantitative estimate of drug-likeness (QED) is 0.494. The van der Waals surface area contributed by atoms with E-state index in [-0.39, 0.29) is 5.75 Å². The number of aryl methyl sites for hydroxylation is 1. The minimum Gasteiger partial charge on any atom is -0.435 e. The van der Waals surface area contributed by atoms with Crippen LogP contribution in [0.5, 0.6) is 5.75 Å². The molecular weight excluding hydrogens is 320 g/mol. The Kier molecular flexibility index (Phi) is 5.99. The average Bonchev–Trinajstić information content (AvgIpc) is 2.51. The van der Waals surface area contributed by atoms with Gasteiger partial charge in [-0.1, -0.05) is 18.2 Å². The summed E-state index contributed by atoms with van der Waals surface area (Å²) in [5.74, 6) is 0.0989. The predicted octanol–water partition coefficient (Wildman–Crippen LogP) is 3.92. The number of benzene rings is 2. The number of thiocarbonyl (C=S) groups is 1. The van der Waals surface area contributed by atoms with Crippen LogP contribution in [-0.2, 0) is 0 Å². The summed E-state index contributed by atoms with van der Waals surface area (Å²) in [6.45, 7) is -0.863. The molecule has 0 amide bonds. The van der Waals surface area contributed by atoms with E-state index in [4.69, 9.17) is 12.2 Å². The highest BCUT2D eigenvalue weighted by Crippen LogP contribution is 2.14. The second-order valence-corrected chi connectivity index (χ2v) is 4.99. The molecule has 7 heteroatoms. The largest absolute Gasteiger partial charge is 0.435 e. The summed E-state index contributed by atoms with van der Waals surface area (Å²) >= 11 is 5.14. The number of rotatable bonds is 5. The van der Waals surface area contributed by atoms with Gasteiger partial charge in [0.1, 0.15) is 5.75 Å². The van der Waals surface area contributed by atoms with Crippen LogP contribution in [0.15, 0.2) is 53.6 Å². The fourth-order valence-electron chi connectivity index (χ4n) is 1.76. The first-order chi connectivity index (χ1) is 11.0. The van der Waals surface area contributed by atoms with E-state index in [1.54, 1.807) is 12.1 Å². The van der Waals surface area contributed by atoms with Crippen molar-refractivity contribution >= 4 is 29.2 Å². The Balaban J connectivity index is 1.86. The lowest BCUT2D eigenvalue weighted by Gasteiger charge is -2.09. The van der Waals surface area contributed by atoms with Crippen molar-refractivity contribution in [2.45, 2.75) is 13.5 Å². The van der Waals surface area contributed by atoms with Crippen LogP contribution in [0.3, 0.4) is 0 Å². The topological polar surface area (TPSA) is 45.7 Å². The lowest BCUT2D eigenvalue weighted by Crippen LogP contribution is -2.24. The zero-order valence-electron chi connectivity index (χ0n) is 12.3. The van der Waals surface area contributed by atoms with Crippen LogP contribution in [0.2, 0.25) is 0 Å². The molecule has 23 heavy (non-hydrogen) atoms. The molecule has 120 valence electrons. The highest BCUT2D eigenvalue weighted by Gasteiger charge is 2.03. The first-order valence-corrected chi connectivity index (χ1v) is 7.16. The molecule has 0 aromatic heterocycles. The summed E-state index contributed by atoms with van der Waals surface area (Å²) < 4.78 is 28.3. The maximum absolute atomic E-state index is 12.0. The second kappa shape index (κ2) is 8.19. The number of hydrazone groups is 1. The van der Waals surface area contributed by atoms with Crippen molar-refractivity contribution in [1.29, 1.82) is 0 Å². The van der Waals surface area contributed by atoms with Gasteiger partial charge in [0.05, 0.1) is 6.21 Å². The van der Waals surface area contributed by atoms with Crippen molar-refractivity contribution in [3.63, 3.8) is 0 Å². The number of hydrogen-bond acceptors (Lipinski definition) is 3. The van der Waals surface area contributed by atoms with Crippen LogP contribution in [-0.4, -0.2) is 17.9 Å². The standard InChI is InChI=1S/C16H15F2N3OS/c1-11-4-2-3-5-14(11)20-16(23)21-19-10-12-6-8-13(9-7-12)22-15(17)18/h2-10,15H,1H3,(H2,20,21,23)/b19-10-. The molecule has 0 aliphatic rings. The minimum absolute atomic E-state index is 0.0989. The van der Waals surface area contributed by atoms with E-state index in [2.05, 4.69) is 20.6 Å². The summed E-state index contributed by atoms with van der Waals surface area (Å²) in [6.07, 6.45) is 1.53. The first-order valence-electron chi connectivity index (χ1n) is 6.75. The van der Waals surface area contributed by atoms with Crippen LogP contribution >= 0.6 is 12.2 Å². The molecule has 0 radical (unpaired) electrons. The third-order valence-electron chi connectivity index (χ3n) is 2.88. The molecule has 0 aliphatic heterocycles. The number of nitrogens with one attached hydrogen (secondary N) is 2. The summed E-state index contributed by atoms with van der Waals surface area (Å²) in [5.41, 5.74) is 5.37. The van der Waals surface area contributed by atoms with Gasteiger partial charge in [-0.3, -0.25) is 5.43 Å². The van der Waals surface area contributed by atoms with E-state index in [1.807, 2.05) is 31.2 Å². The number of hydrogen-bond donors (Lipinski definition) is 2. The van der Waals surface area contributed by atoms with E-state index in [0.29, 0.717) is 5.11 Å². The monoisotopic (exact) mass is 335 g/mol. The zero-order valence-corrected chi connectivity index (χ0v) is 13.1. The van der Waals surface area contributed by atoms with Gasteiger partial charge in [-0.15, -0.1) is 0 Å². The summed E-state index contributed by atoms with van der Waals surface area (Å²) in [7, 11) is 0. The maximum atomic E-state index is 12.0. The number of anilines is 1. The molecule has 0 unspecified atom stereocenters. The van der Waals surface area contributed by atoms with Gasteiger partial charge in [-0.05, 0) is 60.6 Å². The molecule has 2 aromatic carbocycles. The minimum atomic E-state index is -2.83. The van der Waals surface area contributed by atoms with Crippen molar-refractivity contribution in [2.75, 3.05) is 5.32 Å². The average molecular weight is 335 g/mol. The fraction of sp³-hybridized carbons (Fsp3) is 0.125. The zero-order chi connectivity index (χ0) is 16.7. The Morgan fingerprint density at radius 2 is 1.87 bits per heavy atom. The van der Waals surface area contributed by atoms with Crippen LogP contribution < -0.4 is 15.5 Å². The van der Waals surface area contributed by atoms with Gasteiger partial charge in [0.25, 0.3) is 0 Å². The van der Waals surface area contributed by atoms with Gasteiger partial charge in [-0.2, -0.15) is 13.9 Å². The van der Waals surface area contributed by atoms with Gasteiger partial charge < -0.3 is 10.1 Å². The summed E-state index contributed by atoms with van der Waals surface area (Å²) in [5, 5.41) is 7.38. The molecule has 0 bridgehead atoms. The van der Waals surface area contributed by atoms with Crippen molar-refractivity contribution in [2.24, 2.45) is 5.10 Å². The molecule has 0 atom stereocenters. The molecule has 0 aliphatic carbocycles. The van der Waals surface area contributed by atoms with E-state index in [0.717, 1.165) is 16.8 Å². The first kappa shape index (κ1) is 16.8. The molecule has 2 N–H and O–H groups in total. The van der Waals surface area contributed by atoms with Crippen molar-refractivity contribution in [3.8, 4) is 5.75 Å². The van der Waals surface area contributed by atoms with Gasteiger partial charge in [0, 0.05) is 5.69 Å². The van der Waals surface area contributed by atoms with Crippen LogP contribution in [0, 0.1) is 6.92 Å². The number of nitrogens with zero attached hydrogens (tertiary/aromatic N) is 1. The van der Waals surface area contributed by atoms with Gasteiger partial charge in [0.15, 0.2) is 5.11 Å². The number of halogens is 2. The molecule has 0 saturated heterocycles. The Labute approximate surface area is 138 Å². The highest BCUT2D eigenvalue weighted by atomic mass is 32.1. The van der Waals surface area contributed by atoms with E-state index in [9.17, 15) is 8.78 Å². The molecule has 0 spiro atoms. The predicted molar refractivity (Wildman–Crippen MR) is 91.2 cm³/mol. The lowest BCUT2D eigenvalue weighted by molar-refractivity contribution is -0.0498. The third-order valence-corrected chi connectivity index (χ3v) is 3.07. The molecule has 0 heterocycles. The smallest absolute Gasteiger partial charge is 0.387 e. The molecule has 0 fully saturated rings. The van der Waals surface area contributed by atoms with Crippen molar-refractivity contribution < 1.29 is 13.5 Å². The third kappa shape index (κ3) is 5.63. The van der Waals surface area contributed by atoms with Gasteiger partial charge in [0.2, 0.25) is 0 Å². The number of ether oxygens (including phenoxy) is 1. The Morgan fingerprint density at radius 3 is 2.52 bits per heavy atom. The van der Waals surface area contributed by atoms with Crippen LogP contribution in [0.25, 0.3) is 0 Å². The van der Waals surface area contributed by atoms with Crippen molar-refractivity contribution in [1.82, 2.24) is 5.43 Å². The Hall–Kier alpha value is -2.54. The maximum Gasteiger partial charge on any atom is 0.387 e. The molecule has 2 aromatic rings. The van der Waals surface area contributed by atoms with E-state index in [1.165, 1.54) is 18.3 Å². The van der Waals surface area contributed by atoms with Crippen molar-refractivity contribution in [3.05, 3.63) is 59.7 Å². The van der Waals surface area contributed by atoms with Gasteiger partial charge >= 0.3 is 6.61 Å². The highest BCUT2D eigenvalue weighted by molar-refractivity contribution is 7.80. The normalized spacial score (nSPS) is 10.8. The molecule has 0 saturated carbocycles. The Bertz CT molecular complexity index is 690. The molecule has 2 rings (SSSR count). The molecule has 4 nitrogen and oxygen atoms in total. The van der Waals surface area contributed by atoms with Crippen LogP contribution in [0.1, 0.15) is 11.1 Å². The number of alkyl halides is 2. The van der Waals surface area contributed by atoms with E-state index < -0.39 is 6.61 Å². The fourth-order valence-corrected chi connectivity index (χ4v) is 1.93. The van der Waals surface area contributed by atoms with Crippen LogP contribution in [0.4, 0.5) is 14.5 Å². The van der Waals surface area contributed by atoms with E-state index >= 15 is 0 Å². The lowest BCUT2D eigenvalue weighted by atomic mass is 10.2. The number of para-hydroxylation sites is 1. The van der Waals surface area contributed by atoms with Gasteiger partial charge in [-0.25, -0.2) is 0 Å². The Morgan fingerprint density at radius 1 is 1.17 bits per heavy atom. The SMILES string of the molecule is Cc1ccccc1NC(=S)N/N=C\c1ccc(OC(F)F)cc1. The molecular formula is C16H15F2N3OS. The summed E-state index contributed by atoms with van der Waals surface area (Å²) in [6, 6.07) is 13.8. The summed E-state index contributed by atoms with van der Waals surface area (Å²) in [4.78, 5) is 0.